The van der Waals surface area contributed by atoms with Crippen molar-refractivity contribution in [1.82, 2.24) is 5.43 Å². The molecule has 0 spiro atoms. The van der Waals surface area contributed by atoms with Gasteiger partial charge in [-0.1, -0.05) is 72.3 Å². The van der Waals surface area contributed by atoms with Gasteiger partial charge in [0.1, 0.15) is 0 Å². The number of halogens is 1. The lowest BCUT2D eigenvalue weighted by Crippen LogP contribution is -2.18. The van der Waals surface area contributed by atoms with Crippen molar-refractivity contribution in [1.29, 1.82) is 0 Å². The first-order chi connectivity index (χ1) is 12.7. The average Bonchev–Trinajstić information content (AvgIpc) is 2.67. The van der Waals surface area contributed by atoms with E-state index in [1.807, 2.05) is 24.3 Å². The van der Waals surface area contributed by atoms with Gasteiger partial charge in [-0.2, -0.15) is 5.10 Å². The molecule has 4 aromatic rings. The highest BCUT2D eigenvalue weighted by Gasteiger charge is 2.09. The van der Waals surface area contributed by atoms with Gasteiger partial charge in [-0.3, -0.25) is 4.79 Å². The number of rotatable bonds is 3. The van der Waals surface area contributed by atoms with Crippen LogP contribution in [0.25, 0.3) is 21.5 Å². The first kappa shape index (κ1) is 16.3. The van der Waals surface area contributed by atoms with Gasteiger partial charge >= 0.3 is 0 Å². The van der Waals surface area contributed by atoms with Gasteiger partial charge in [0.05, 0.1) is 16.8 Å². The van der Waals surface area contributed by atoms with Gasteiger partial charge in [0.2, 0.25) is 0 Å². The van der Waals surface area contributed by atoms with Crippen LogP contribution in [0.1, 0.15) is 15.9 Å². The quantitative estimate of drug-likeness (QED) is 0.297. The van der Waals surface area contributed by atoms with Crippen LogP contribution in [-0.2, 0) is 0 Å². The third kappa shape index (κ3) is 3.05. The van der Waals surface area contributed by atoms with Crippen LogP contribution in [0.15, 0.2) is 84.0 Å². The Morgan fingerprint density at radius 2 is 1.42 bits per heavy atom. The number of carbonyl (C=O) groups excluding carboxylic acids is 1. The lowest BCUT2D eigenvalue weighted by atomic mass is 9.97. The highest BCUT2D eigenvalue weighted by molar-refractivity contribution is 6.33. The van der Waals surface area contributed by atoms with Crippen LogP contribution in [-0.4, -0.2) is 12.1 Å². The fraction of sp³-hybridized carbons (Fsp3) is 0. The molecule has 0 unspecified atom stereocenters. The fourth-order valence-electron chi connectivity index (χ4n) is 3.05. The van der Waals surface area contributed by atoms with Crippen LogP contribution in [0.4, 0.5) is 0 Å². The van der Waals surface area contributed by atoms with Crippen molar-refractivity contribution in [3.8, 4) is 0 Å². The molecule has 0 saturated heterocycles. The standard InChI is InChI=1S/C22H15ClN2O/c23-21-12-6-5-11-19(21)22(26)25-24-14-20-17-9-3-1-7-15(17)13-16-8-2-4-10-18(16)20/h1-14H,(H,25,26). The molecule has 4 aromatic carbocycles. The number of hydrogen-bond donors (Lipinski definition) is 1. The smallest absolute Gasteiger partial charge is 0.267 e. The van der Waals surface area contributed by atoms with E-state index in [0.29, 0.717) is 10.6 Å². The predicted molar refractivity (Wildman–Crippen MR) is 108 cm³/mol. The Kier molecular flexibility index (Phi) is 4.38. The maximum absolute atomic E-state index is 12.3. The van der Waals surface area contributed by atoms with Crippen LogP contribution < -0.4 is 5.43 Å². The lowest BCUT2D eigenvalue weighted by molar-refractivity contribution is 0.0955. The Bertz CT molecular complexity index is 1100. The van der Waals surface area contributed by atoms with E-state index in [0.717, 1.165) is 27.1 Å². The van der Waals surface area contributed by atoms with Crippen LogP contribution in [0.2, 0.25) is 5.02 Å². The average molecular weight is 359 g/mol. The number of hydrogen-bond acceptors (Lipinski definition) is 2. The third-order valence-electron chi connectivity index (χ3n) is 4.29. The molecule has 126 valence electrons. The van der Waals surface area contributed by atoms with E-state index in [1.165, 1.54) is 0 Å². The van der Waals surface area contributed by atoms with Gasteiger partial charge < -0.3 is 0 Å². The Morgan fingerprint density at radius 1 is 0.846 bits per heavy atom. The van der Waals surface area contributed by atoms with Gasteiger partial charge in [-0.05, 0) is 39.7 Å². The summed E-state index contributed by atoms with van der Waals surface area (Å²) >= 11 is 6.06. The Hall–Kier alpha value is -3.17. The van der Waals surface area contributed by atoms with E-state index in [2.05, 4.69) is 40.9 Å². The second-order valence-corrected chi connectivity index (χ2v) is 6.32. The SMILES string of the molecule is O=C(NN=Cc1c2ccccc2cc2ccccc12)c1ccccc1Cl. The summed E-state index contributed by atoms with van der Waals surface area (Å²) in [7, 11) is 0. The molecule has 0 aliphatic heterocycles. The Labute approximate surface area is 155 Å². The summed E-state index contributed by atoms with van der Waals surface area (Å²) < 4.78 is 0. The van der Waals surface area contributed by atoms with E-state index in [-0.39, 0.29) is 5.91 Å². The molecule has 0 bridgehead atoms. The predicted octanol–water partition coefficient (Wildman–Crippen LogP) is 5.41. The van der Waals surface area contributed by atoms with Gasteiger partial charge in [-0.25, -0.2) is 5.43 Å². The molecular weight excluding hydrogens is 344 g/mol. The summed E-state index contributed by atoms with van der Waals surface area (Å²) in [5.74, 6) is -0.337. The maximum Gasteiger partial charge on any atom is 0.272 e. The highest BCUT2D eigenvalue weighted by Crippen LogP contribution is 2.27. The van der Waals surface area contributed by atoms with E-state index < -0.39 is 0 Å². The summed E-state index contributed by atoms with van der Waals surface area (Å²) in [4.78, 5) is 12.3. The monoisotopic (exact) mass is 358 g/mol. The number of fused-ring (bicyclic) bond motifs is 2. The van der Waals surface area contributed by atoms with E-state index in [9.17, 15) is 4.79 Å². The zero-order valence-electron chi connectivity index (χ0n) is 13.8. The molecule has 0 aliphatic carbocycles. The van der Waals surface area contributed by atoms with E-state index >= 15 is 0 Å². The second kappa shape index (κ2) is 6.98. The molecule has 0 heterocycles. The van der Waals surface area contributed by atoms with Crippen molar-refractivity contribution in [2.45, 2.75) is 0 Å². The van der Waals surface area contributed by atoms with Gasteiger partial charge in [0, 0.05) is 5.56 Å². The minimum atomic E-state index is -0.337. The van der Waals surface area contributed by atoms with Crippen LogP contribution in [0.5, 0.6) is 0 Å². The fourth-order valence-corrected chi connectivity index (χ4v) is 3.27. The number of benzene rings is 4. The molecule has 0 aromatic heterocycles. The molecular formula is C22H15ClN2O. The van der Waals surface area contributed by atoms with Gasteiger partial charge in [0.25, 0.3) is 5.91 Å². The van der Waals surface area contributed by atoms with Crippen molar-refractivity contribution in [2.75, 3.05) is 0 Å². The van der Waals surface area contributed by atoms with Crippen molar-refractivity contribution in [3.63, 3.8) is 0 Å². The molecule has 0 saturated carbocycles. The van der Waals surface area contributed by atoms with Crippen LogP contribution in [0, 0.1) is 0 Å². The number of amides is 1. The lowest BCUT2D eigenvalue weighted by Gasteiger charge is -2.08. The topological polar surface area (TPSA) is 41.5 Å². The normalized spacial score (nSPS) is 11.3. The van der Waals surface area contributed by atoms with Gasteiger partial charge in [-0.15, -0.1) is 0 Å². The van der Waals surface area contributed by atoms with Crippen LogP contribution >= 0.6 is 11.6 Å². The maximum atomic E-state index is 12.3. The molecule has 4 rings (SSSR count). The summed E-state index contributed by atoms with van der Waals surface area (Å²) in [6, 6.07) is 25.3. The Morgan fingerprint density at radius 3 is 2.08 bits per heavy atom. The number of carbonyl (C=O) groups is 1. The first-order valence-corrected chi connectivity index (χ1v) is 8.60. The van der Waals surface area contributed by atoms with Crippen molar-refractivity contribution in [3.05, 3.63) is 95.0 Å². The molecule has 0 aliphatic rings. The third-order valence-corrected chi connectivity index (χ3v) is 4.62. The molecule has 0 atom stereocenters. The highest BCUT2D eigenvalue weighted by atomic mass is 35.5. The first-order valence-electron chi connectivity index (χ1n) is 8.22. The molecule has 4 heteroatoms. The van der Waals surface area contributed by atoms with Crippen molar-refractivity contribution >= 4 is 45.3 Å². The zero-order chi connectivity index (χ0) is 17.9. The zero-order valence-corrected chi connectivity index (χ0v) is 14.6. The molecule has 0 fully saturated rings. The molecule has 1 N–H and O–H groups in total. The molecule has 0 radical (unpaired) electrons. The summed E-state index contributed by atoms with van der Waals surface area (Å²) in [6.45, 7) is 0. The summed E-state index contributed by atoms with van der Waals surface area (Å²) in [6.07, 6.45) is 1.69. The second-order valence-electron chi connectivity index (χ2n) is 5.91. The minimum absolute atomic E-state index is 0.337. The number of nitrogens with one attached hydrogen (secondary N) is 1. The minimum Gasteiger partial charge on any atom is -0.267 e. The van der Waals surface area contributed by atoms with Crippen LogP contribution in [0.3, 0.4) is 0 Å². The Balaban J connectivity index is 1.73. The molecule has 26 heavy (non-hydrogen) atoms. The largest absolute Gasteiger partial charge is 0.272 e. The van der Waals surface area contributed by atoms with E-state index in [4.69, 9.17) is 11.6 Å². The number of hydrazone groups is 1. The van der Waals surface area contributed by atoms with E-state index in [1.54, 1.807) is 30.5 Å². The molecule has 1 amide bonds. The molecule has 3 nitrogen and oxygen atoms in total. The van der Waals surface area contributed by atoms with Crippen molar-refractivity contribution in [2.24, 2.45) is 5.10 Å². The van der Waals surface area contributed by atoms with Crippen molar-refractivity contribution < 1.29 is 4.79 Å². The number of nitrogens with zero attached hydrogens (tertiary/aromatic N) is 1. The van der Waals surface area contributed by atoms with Gasteiger partial charge in [0.15, 0.2) is 0 Å². The summed E-state index contributed by atoms with van der Waals surface area (Å²) in [5.41, 5.74) is 3.93. The summed E-state index contributed by atoms with van der Waals surface area (Å²) in [5, 5.41) is 9.00.